The number of rotatable bonds is 7. The molecule has 1 heterocycles. The highest BCUT2D eigenvalue weighted by atomic mass is 19.1. The zero-order chi connectivity index (χ0) is 14.3. The summed E-state index contributed by atoms with van der Waals surface area (Å²) in [6.45, 7) is 2.78. The molecule has 0 spiro atoms. The van der Waals surface area contributed by atoms with E-state index in [1.54, 1.807) is 6.92 Å². The van der Waals surface area contributed by atoms with E-state index in [0.717, 1.165) is 0 Å². The molecule has 0 bridgehead atoms. The maximum atomic E-state index is 12.1. The van der Waals surface area contributed by atoms with Gasteiger partial charge in [-0.3, -0.25) is 4.79 Å². The molecule has 1 rings (SSSR count). The molecule has 1 unspecified atom stereocenters. The van der Waals surface area contributed by atoms with Crippen LogP contribution in [0.5, 0.6) is 0 Å². The highest BCUT2D eigenvalue weighted by Gasteiger charge is 2.22. The second-order valence-corrected chi connectivity index (χ2v) is 3.87. The average Bonchev–Trinajstić information content (AvgIpc) is 2.76. The number of hydrogen-bond acceptors (Lipinski definition) is 5. The highest BCUT2D eigenvalue weighted by Crippen LogP contribution is 2.02. The predicted molar refractivity (Wildman–Crippen MR) is 63.9 cm³/mol. The highest BCUT2D eigenvalue weighted by molar-refractivity contribution is 5.83. The molecule has 1 N–H and O–H groups in total. The van der Waals surface area contributed by atoms with Crippen molar-refractivity contribution >= 4 is 11.9 Å². The van der Waals surface area contributed by atoms with Gasteiger partial charge in [0.15, 0.2) is 0 Å². The fourth-order valence-corrected chi connectivity index (χ4v) is 1.52. The van der Waals surface area contributed by atoms with Crippen LogP contribution in [0.4, 0.5) is 4.39 Å². The van der Waals surface area contributed by atoms with Crippen LogP contribution in [0.15, 0.2) is 6.20 Å². The minimum absolute atomic E-state index is 0.108. The monoisotopic (exact) mass is 272 g/mol. The Kier molecular flexibility index (Phi) is 5.91. The van der Waals surface area contributed by atoms with Gasteiger partial charge in [-0.2, -0.15) is 0 Å². The van der Waals surface area contributed by atoms with Gasteiger partial charge in [-0.25, -0.2) is 13.9 Å². The number of aryl methyl sites for hydroxylation is 1. The van der Waals surface area contributed by atoms with Crippen molar-refractivity contribution in [2.24, 2.45) is 0 Å². The number of amides is 1. The second kappa shape index (κ2) is 7.45. The van der Waals surface area contributed by atoms with Crippen LogP contribution in [0.25, 0.3) is 0 Å². The maximum Gasteiger partial charge on any atom is 0.329 e. The Bertz CT molecular complexity index is 435. The van der Waals surface area contributed by atoms with E-state index in [4.69, 9.17) is 4.74 Å². The van der Waals surface area contributed by atoms with Crippen molar-refractivity contribution in [3.05, 3.63) is 11.9 Å². The first kappa shape index (κ1) is 15.1. The largest absolute Gasteiger partial charge is 0.464 e. The molecule has 8 heteroatoms. The van der Waals surface area contributed by atoms with E-state index in [2.05, 4.69) is 15.6 Å². The number of alkyl halides is 1. The molecule has 0 radical (unpaired) electrons. The lowest BCUT2D eigenvalue weighted by Gasteiger charge is -2.14. The summed E-state index contributed by atoms with van der Waals surface area (Å²) in [6.07, 6.45) is 1.69. The van der Waals surface area contributed by atoms with Crippen molar-refractivity contribution in [2.45, 2.75) is 32.9 Å². The van der Waals surface area contributed by atoms with Gasteiger partial charge in [-0.1, -0.05) is 5.21 Å². The lowest BCUT2D eigenvalue weighted by atomic mass is 10.1. The lowest BCUT2D eigenvalue weighted by molar-refractivity contribution is -0.147. The molecule has 19 heavy (non-hydrogen) atoms. The molecule has 0 aliphatic heterocycles. The first-order chi connectivity index (χ1) is 9.06. The molecule has 1 aromatic heterocycles. The van der Waals surface area contributed by atoms with Crippen molar-refractivity contribution < 1.29 is 18.7 Å². The predicted octanol–water partition coefficient (Wildman–Crippen LogP) is -0.142. The Balaban J connectivity index is 2.69. The van der Waals surface area contributed by atoms with Gasteiger partial charge in [0.2, 0.25) is 5.91 Å². The Morgan fingerprint density at radius 3 is 2.89 bits per heavy atom. The quantitative estimate of drug-likeness (QED) is 0.698. The van der Waals surface area contributed by atoms with Crippen LogP contribution >= 0.6 is 0 Å². The van der Waals surface area contributed by atoms with Crippen LogP contribution in [-0.4, -0.2) is 46.2 Å². The van der Waals surface area contributed by atoms with Gasteiger partial charge in [-0.15, -0.1) is 5.10 Å². The number of esters is 1. The molecule has 1 atom stereocenters. The molecule has 7 nitrogen and oxygen atoms in total. The Hall–Kier alpha value is -1.99. The van der Waals surface area contributed by atoms with Crippen molar-refractivity contribution in [3.8, 4) is 0 Å². The van der Waals surface area contributed by atoms with Gasteiger partial charge in [-0.05, 0) is 6.92 Å². The van der Waals surface area contributed by atoms with Crippen molar-refractivity contribution in [1.29, 1.82) is 0 Å². The molecular weight excluding hydrogens is 255 g/mol. The molecule has 0 aliphatic rings. The number of carbonyl (C=O) groups excluding carboxylic acids is 2. The summed E-state index contributed by atoms with van der Waals surface area (Å²) in [5.74, 6) is -0.869. The van der Waals surface area contributed by atoms with Crippen LogP contribution in [-0.2, 0) is 27.3 Å². The number of nitrogens with zero attached hydrogens (tertiary/aromatic N) is 3. The van der Waals surface area contributed by atoms with Crippen LogP contribution in [0.3, 0.4) is 0 Å². The van der Waals surface area contributed by atoms with Crippen LogP contribution < -0.4 is 5.32 Å². The van der Waals surface area contributed by atoms with Gasteiger partial charge in [0.05, 0.1) is 18.8 Å². The average molecular weight is 272 g/mol. The van der Waals surface area contributed by atoms with Crippen LogP contribution in [0.2, 0.25) is 0 Å². The minimum atomic E-state index is -0.812. The normalized spacial score (nSPS) is 11.9. The van der Waals surface area contributed by atoms with E-state index in [1.165, 1.54) is 17.8 Å². The van der Waals surface area contributed by atoms with E-state index in [-0.39, 0.29) is 25.5 Å². The number of carbonyl (C=O) groups is 2. The van der Waals surface area contributed by atoms with Gasteiger partial charge >= 0.3 is 5.97 Å². The second-order valence-electron chi connectivity index (χ2n) is 3.87. The van der Waals surface area contributed by atoms with E-state index < -0.39 is 18.7 Å². The summed E-state index contributed by atoms with van der Waals surface area (Å²) >= 11 is 0. The molecule has 1 aromatic rings. The van der Waals surface area contributed by atoms with Crippen molar-refractivity contribution in [1.82, 2.24) is 20.3 Å². The summed E-state index contributed by atoms with van der Waals surface area (Å²) in [4.78, 5) is 22.7. The van der Waals surface area contributed by atoms with Gasteiger partial charge < -0.3 is 10.1 Å². The molecule has 0 aromatic carbocycles. The summed E-state index contributed by atoms with van der Waals surface area (Å²) in [5, 5.41) is 10.0. The fourth-order valence-electron chi connectivity index (χ4n) is 1.52. The van der Waals surface area contributed by atoms with E-state index >= 15 is 0 Å². The number of ether oxygens (including phenoxy) is 1. The number of hydrogen-bond donors (Lipinski definition) is 1. The van der Waals surface area contributed by atoms with E-state index in [0.29, 0.717) is 5.69 Å². The maximum absolute atomic E-state index is 12.1. The summed E-state index contributed by atoms with van der Waals surface area (Å²) in [5.41, 5.74) is 0.486. The van der Waals surface area contributed by atoms with Gasteiger partial charge in [0, 0.05) is 19.5 Å². The zero-order valence-electron chi connectivity index (χ0n) is 10.9. The summed E-state index contributed by atoms with van der Waals surface area (Å²) in [6, 6.07) is -0.812. The fraction of sp³-hybridized carbons (Fsp3) is 0.636. The molecule has 1 amide bonds. The Labute approximate surface area is 110 Å². The summed E-state index contributed by atoms with van der Waals surface area (Å²) < 4.78 is 18.3. The van der Waals surface area contributed by atoms with E-state index in [9.17, 15) is 14.0 Å². The van der Waals surface area contributed by atoms with Crippen LogP contribution in [0, 0.1) is 0 Å². The third-order valence-electron chi connectivity index (χ3n) is 2.26. The molecule has 0 saturated carbocycles. The van der Waals surface area contributed by atoms with Crippen molar-refractivity contribution in [2.75, 3.05) is 13.3 Å². The smallest absolute Gasteiger partial charge is 0.329 e. The minimum Gasteiger partial charge on any atom is -0.464 e. The lowest BCUT2D eigenvalue weighted by Crippen LogP contribution is -2.42. The molecule has 0 aliphatic carbocycles. The topological polar surface area (TPSA) is 86.1 Å². The van der Waals surface area contributed by atoms with Gasteiger partial charge in [0.1, 0.15) is 12.7 Å². The first-order valence-corrected chi connectivity index (χ1v) is 5.95. The Morgan fingerprint density at radius 2 is 2.32 bits per heavy atom. The Morgan fingerprint density at radius 1 is 1.58 bits per heavy atom. The molecule has 0 saturated heterocycles. The van der Waals surface area contributed by atoms with E-state index in [1.807, 2.05) is 0 Å². The zero-order valence-corrected chi connectivity index (χ0v) is 10.9. The van der Waals surface area contributed by atoms with Gasteiger partial charge in [0.25, 0.3) is 0 Å². The number of halogens is 1. The molecular formula is C11H17FN4O3. The van der Waals surface area contributed by atoms with Crippen LogP contribution in [0.1, 0.15) is 19.5 Å². The third kappa shape index (κ3) is 5.02. The standard InChI is InChI=1S/C11H17FN4O3/c1-3-19-11(18)10(13-8(2)17)6-9-7-16(5-4-12)15-14-9/h7,10H,3-6H2,1-2H3,(H,13,17). The SMILES string of the molecule is CCOC(=O)C(Cc1cn(CCF)nn1)NC(C)=O. The molecule has 106 valence electrons. The first-order valence-electron chi connectivity index (χ1n) is 5.95. The number of nitrogens with one attached hydrogen (secondary N) is 1. The summed E-state index contributed by atoms with van der Waals surface area (Å²) in [7, 11) is 0. The van der Waals surface area contributed by atoms with Crippen molar-refractivity contribution in [3.63, 3.8) is 0 Å². The molecule has 0 fully saturated rings. The number of aromatic nitrogens is 3. The third-order valence-corrected chi connectivity index (χ3v) is 2.26.